The third kappa shape index (κ3) is 5.46. The average Bonchev–Trinajstić information content (AvgIpc) is 3.27. The van der Waals surface area contributed by atoms with Gasteiger partial charge >= 0.3 is 6.09 Å². The average molecular weight is 452 g/mol. The number of carbonyl (C=O) groups excluding carboxylic acids is 2. The number of nitrogens with one attached hydrogen (secondary N) is 2. The molecule has 0 unspecified atom stereocenters. The second-order valence-corrected chi connectivity index (χ2v) is 7.71. The Kier molecular flexibility index (Phi) is 6.82. The van der Waals surface area contributed by atoms with Gasteiger partial charge in [-0.25, -0.2) is 9.18 Å². The highest BCUT2D eigenvalue weighted by Gasteiger charge is 2.33. The van der Waals surface area contributed by atoms with E-state index in [0.717, 1.165) is 17.5 Å². The Morgan fingerprint density at radius 2 is 2.12 bits per heavy atom. The second-order valence-electron chi connectivity index (χ2n) is 7.71. The molecule has 1 atom stereocenters. The molecular weight excluding hydrogens is 427 g/mol. The molecule has 0 saturated carbocycles. The molecule has 9 nitrogen and oxygen atoms in total. The zero-order valence-electron chi connectivity index (χ0n) is 18.2. The molecule has 0 bridgehead atoms. The van der Waals surface area contributed by atoms with Gasteiger partial charge in [0.15, 0.2) is 0 Å². The molecule has 0 aliphatic carbocycles. The van der Waals surface area contributed by atoms with Gasteiger partial charge in [0.1, 0.15) is 5.82 Å². The third-order valence-corrected chi connectivity index (χ3v) is 5.53. The first-order chi connectivity index (χ1) is 16.0. The molecule has 172 valence electrons. The van der Waals surface area contributed by atoms with E-state index in [9.17, 15) is 14.0 Å². The summed E-state index contributed by atoms with van der Waals surface area (Å²) >= 11 is 0. The topological polar surface area (TPSA) is 101 Å². The van der Waals surface area contributed by atoms with Gasteiger partial charge in [0, 0.05) is 31.4 Å². The lowest BCUT2D eigenvalue weighted by atomic mass is 10.0. The van der Waals surface area contributed by atoms with Crippen molar-refractivity contribution >= 4 is 12.0 Å². The first-order valence-corrected chi connectivity index (χ1v) is 10.7. The molecule has 1 saturated heterocycles. The number of hydrogen-bond donors (Lipinski definition) is 2. The SMILES string of the molecule is COC(=O)N1CC[C@@H]1CNC(=O)c1ccc(-c2cnn(NCCc3cccc(F)c3)c2)nc1. The summed E-state index contributed by atoms with van der Waals surface area (Å²) in [6.07, 6.45) is 6.09. The van der Waals surface area contributed by atoms with Crippen LogP contribution in [0.3, 0.4) is 0 Å². The number of carbonyl (C=O) groups is 2. The van der Waals surface area contributed by atoms with Crippen LogP contribution in [-0.2, 0) is 11.2 Å². The van der Waals surface area contributed by atoms with Crippen molar-refractivity contribution in [3.05, 3.63) is 71.9 Å². The van der Waals surface area contributed by atoms with E-state index in [1.165, 1.54) is 25.4 Å². The van der Waals surface area contributed by atoms with Gasteiger partial charge in [-0.15, -0.1) is 0 Å². The molecule has 1 fully saturated rings. The molecular formula is C23H25FN6O3. The van der Waals surface area contributed by atoms with E-state index in [4.69, 9.17) is 4.74 Å². The molecule has 2 amide bonds. The molecule has 2 aromatic heterocycles. The Morgan fingerprint density at radius 1 is 1.24 bits per heavy atom. The van der Waals surface area contributed by atoms with E-state index < -0.39 is 0 Å². The largest absolute Gasteiger partial charge is 0.453 e. The van der Waals surface area contributed by atoms with Crippen LogP contribution >= 0.6 is 0 Å². The third-order valence-electron chi connectivity index (χ3n) is 5.53. The summed E-state index contributed by atoms with van der Waals surface area (Å²) in [5, 5.41) is 7.10. The Bertz CT molecular complexity index is 1120. The smallest absolute Gasteiger partial charge is 0.409 e. The fourth-order valence-corrected chi connectivity index (χ4v) is 3.57. The summed E-state index contributed by atoms with van der Waals surface area (Å²) in [7, 11) is 1.34. The predicted octanol–water partition coefficient (Wildman–Crippen LogP) is 2.44. The molecule has 2 N–H and O–H groups in total. The van der Waals surface area contributed by atoms with E-state index in [1.54, 1.807) is 40.3 Å². The number of ether oxygens (including phenoxy) is 1. The van der Waals surface area contributed by atoms with Gasteiger partial charge in [-0.3, -0.25) is 9.78 Å². The number of aromatic nitrogens is 3. The summed E-state index contributed by atoms with van der Waals surface area (Å²) in [5.41, 5.74) is 5.95. The van der Waals surface area contributed by atoms with E-state index in [0.29, 0.717) is 37.3 Å². The summed E-state index contributed by atoms with van der Waals surface area (Å²) < 4.78 is 18.0. The van der Waals surface area contributed by atoms with Crippen LogP contribution in [0.4, 0.5) is 9.18 Å². The zero-order chi connectivity index (χ0) is 23.2. The number of likely N-dealkylation sites (tertiary alicyclic amines) is 1. The van der Waals surface area contributed by atoms with Crippen LogP contribution < -0.4 is 10.7 Å². The Morgan fingerprint density at radius 3 is 2.82 bits per heavy atom. The lowest BCUT2D eigenvalue weighted by Crippen LogP contribution is -2.55. The molecule has 33 heavy (non-hydrogen) atoms. The van der Waals surface area contributed by atoms with Crippen molar-refractivity contribution in [3.8, 4) is 11.3 Å². The van der Waals surface area contributed by atoms with Crippen molar-refractivity contribution in [1.82, 2.24) is 25.1 Å². The number of halogens is 1. The lowest BCUT2D eigenvalue weighted by Gasteiger charge is -2.39. The number of pyridine rings is 1. The Hall–Kier alpha value is -3.95. The molecule has 10 heteroatoms. The van der Waals surface area contributed by atoms with Crippen LogP contribution in [0.1, 0.15) is 22.3 Å². The Labute approximate surface area is 190 Å². The second kappa shape index (κ2) is 10.1. The minimum Gasteiger partial charge on any atom is -0.453 e. The summed E-state index contributed by atoms with van der Waals surface area (Å²) in [6.45, 7) is 1.59. The minimum atomic E-state index is -0.379. The molecule has 4 rings (SSSR count). The molecule has 1 aromatic carbocycles. The first kappa shape index (κ1) is 22.3. The molecule has 1 aliphatic rings. The number of benzene rings is 1. The molecule has 0 radical (unpaired) electrons. The van der Waals surface area contributed by atoms with Crippen molar-refractivity contribution in [3.63, 3.8) is 0 Å². The van der Waals surface area contributed by atoms with Crippen molar-refractivity contribution in [2.45, 2.75) is 18.9 Å². The highest BCUT2D eigenvalue weighted by atomic mass is 19.1. The van der Waals surface area contributed by atoms with Gasteiger partial charge in [-0.2, -0.15) is 9.89 Å². The van der Waals surface area contributed by atoms with Crippen LogP contribution in [0.15, 0.2) is 55.0 Å². The minimum absolute atomic E-state index is 0.0483. The van der Waals surface area contributed by atoms with E-state index in [-0.39, 0.29) is 23.9 Å². The number of nitrogens with zero attached hydrogens (tertiary/aromatic N) is 4. The molecule has 1 aliphatic heterocycles. The maximum atomic E-state index is 13.3. The van der Waals surface area contributed by atoms with Crippen LogP contribution in [0.25, 0.3) is 11.3 Å². The van der Waals surface area contributed by atoms with Gasteiger partial charge in [-0.1, -0.05) is 12.1 Å². The fourth-order valence-electron chi connectivity index (χ4n) is 3.57. The molecule has 3 heterocycles. The maximum absolute atomic E-state index is 13.3. The standard InChI is InChI=1S/C23H25FN6O3/c1-33-23(32)29-10-8-20(29)14-26-22(31)17-5-6-21(25-12-17)18-13-28-30(15-18)27-9-7-16-3-2-4-19(24)11-16/h2-6,11-13,15,20,27H,7-10,14H2,1H3,(H,26,31)/t20-/m1/s1. The van der Waals surface area contributed by atoms with E-state index in [1.807, 2.05) is 6.07 Å². The van der Waals surface area contributed by atoms with Crippen molar-refractivity contribution < 1.29 is 18.7 Å². The number of hydrogen-bond acceptors (Lipinski definition) is 6. The summed E-state index contributed by atoms with van der Waals surface area (Å²) in [4.78, 5) is 31.5. The van der Waals surface area contributed by atoms with Crippen LogP contribution in [0, 0.1) is 5.82 Å². The molecule has 3 aromatic rings. The number of methoxy groups -OCH3 is 1. The van der Waals surface area contributed by atoms with Crippen molar-refractivity contribution in [2.75, 3.05) is 32.2 Å². The highest BCUT2D eigenvalue weighted by Crippen LogP contribution is 2.18. The van der Waals surface area contributed by atoms with Gasteiger partial charge in [0.25, 0.3) is 5.91 Å². The van der Waals surface area contributed by atoms with E-state index >= 15 is 0 Å². The van der Waals surface area contributed by atoms with Gasteiger partial charge in [0.2, 0.25) is 0 Å². The zero-order valence-corrected chi connectivity index (χ0v) is 18.2. The summed E-state index contributed by atoms with van der Waals surface area (Å²) in [5.74, 6) is -0.497. The van der Waals surface area contributed by atoms with E-state index in [2.05, 4.69) is 20.8 Å². The lowest BCUT2D eigenvalue weighted by molar-refractivity contribution is 0.0590. The van der Waals surface area contributed by atoms with Crippen LogP contribution in [-0.4, -0.2) is 64.6 Å². The van der Waals surface area contributed by atoms with Crippen molar-refractivity contribution in [2.24, 2.45) is 0 Å². The maximum Gasteiger partial charge on any atom is 0.409 e. The highest BCUT2D eigenvalue weighted by molar-refractivity contribution is 5.94. The van der Waals surface area contributed by atoms with Crippen LogP contribution in [0.5, 0.6) is 0 Å². The summed E-state index contributed by atoms with van der Waals surface area (Å²) in [6, 6.07) is 9.91. The van der Waals surface area contributed by atoms with Crippen LogP contribution in [0.2, 0.25) is 0 Å². The first-order valence-electron chi connectivity index (χ1n) is 10.7. The monoisotopic (exact) mass is 452 g/mol. The number of amides is 2. The fraction of sp³-hybridized carbons (Fsp3) is 0.304. The normalized spacial score (nSPS) is 15.0. The van der Waals surface area contributed by atoms with Crippen molar-refractivity contribution in [1.29, 1.82) is 0 Å². The van der Waals surface area contributed by atoms with Gasteiger partial charge in [-0.05, 0) is 42.7 Å². The van der Waals surface area contributed by atoms with Gasteiger partial charge < -0.3 is 20.4 Å². The van der Waals surface area contributed by atoms with Gasteiger partial charge in [0.05, 0.1) is 36.8 Å². The predicted molar refractivity (Wildman–Crippen MR) is 120 cm³/mol. The number of rotatable bonds is 8. The quantitative estimate of drug-likeness (QED) is 0.545. The molecule has 0 spiro atoms. The Balaban J connectivity index is 1.27.